The number of methoxy groups -OCH3 is 2. The minimum Gasteiger partial charge on any atom is -0.494 e. The van der Waals surface area contributed by atoms with Gasteiger partial charge in [-0.05, 0) is 77.3 Å². The highest BCUT2D eigenvalue weighted by atomic mass is 79.9. The predicted octanol–water partition coefficient (Wildman–Crippen LogP) is 10.6. The summed E-state index contributed by atoms with van der Waals surface area (Å²) in [5.41, 5.74) is 1.60. The number of ether oxygens (including phenoxy) is 5. The molecule has 0 saturated carbocycles. The summed E-state index contributed by atoms with van der Waals surface area (Å²) in [5, 5.41) is 7.65. The first-order valence-corrected chi connectivity index (χ1v) is 21.1. The number of aromatic amines is 1. The molecule has 0 spiro atoms. The van der Waals surface area contributed by atoms with Crippen molar-refractivity contribution >= 4 is 37.3 Å². The summed E-state index contributed by atoms with van der Waals surface area (Å²) in [7, 11) is -0.936. The number of benzene rings is 3. The topological polar surface area (TPSA) is 138 Å². The van der Waals surface area contributed by atoms with Crippen LogP contribution in [0.1, 0.15) is 90.9 Å². The number of nitrogens with zero attached hydrogens (tertiary/aromatic N) is 3. The maximum absolute atomic E-state index is 13.9. The molecule has 3 aromatic carbocycles. The summed E-state index contributed by atoms with van der Waals surface area (Å²) >= 11 is 3.56. The fourth-order valence-corrected chi connectivity index (χ4v) is 7.57. The van der Waals surface area contributed by atoms with E-state index in [0.29, 0.717) is 63.6 Å². The average molecular weight is 827 g/mol. The molecule has 2 aromatic heterocycles. The Morgan fingerprint density at radius 2 is 1.37 bits per heavy atom. The van der Waals surface area contributed by atoms with Crippen LogP contribution in [0, 0.1) is 0 Å². The molecular weight excluding hydrogens is 774 g/mol. The Hall–Kier alpha value is -4.43. The summed E-state index contributed by atoms with van der Waals surface area (Å²) in [6.45, 7) is 5.36. The second-order valence-electron chi connectivity index (χ2n) is 13.0. The van der Waals surface area contributed by atoms with Crippen LogP contribution in [0.4, 0.5) is 5.69 Å². The molecule has 2 N–H and O–H groups in total. The lowest BCUT2D eigenvalue weighted by atomic mass is 10.1. The van der Waals surface area contributed by atoms with Gasteiger partial charge in [0.25, 0.3) is 15.9 Å². The maximum Gasteiger partial charge on any atom is 0.265 e. The standard InChI is InChI=1S/C40H52BrN5O7S/c1-5-7-9-11-13-15-26-51-31-24-25-32(52-27-16-14-12-10-8-6-2)35(28-31)54(47,48)45-30-22-20-29(21-23-30)38-42-39-36(41)40(44-46(39)43-38)53-37-33(49-3)18-17-19-34(37)50-4/h17-25,28,45H,5-16,26-27H2,1-4H3,(H,42,43). The average Bonchev–Trinajstić information content (AvgIpc) is 3.72. The molecule has 292 valence electrons. The van der Waals surface area contributed by atoms with E-state index in [2.05, 4.69) is 44.7 Å². The van der Waals surface area contributed by atoms with Crippen LogP contribution in [0.15, 0.2) is 70.0 Å². The minimum atomic E-state index is -4.03. The van der Waals surface area contributed by atoms with Crippen molar-refractivity contribution in [3.05, 3.63) is 65.1 Å². The summed E-state index contributed by atoms with van der Waals surface area (Å²) in [5.74, 6) is 2.95. The van der Waals surface area contributed by atoms with Gasteiger partial charge in [0, 0.05) is 17.3 Å². The molecule has 0 fully saturated rings. The van der Waals surface area contributed by atoms with E-state index in [1.54, 1.807) is 74.9 Å². The number of para-hydroxylation sites is 1. The van der Waals surface area contributed by atoms with Gasteiger partial charge in [0.2, 0.25) is 5.75 Å². The highest BCUT2D eigenvalue weighted by molar-refractivity contribution is 9.10. The molecule has 54 heavy (non-hydrogen) atoms. The quantitative estimate of drug-likeness (QED) is 0.0582. The molecule has 14 heteroatoms. The number of hydrogen-bond acceptors (Lipinski definition) is 9. The smallest absolute Gasteiger partial charge is 0.265 e. The van der Waals surface area contributed by atoms with Crippen LogP contribution in [0.5, 0.6) is 34.6 Å². The van der Waals surface area contributed by atoms with Crippen LogP contribution in [-0.4, -0.2) is 55.7 Å². The zero-order valence-electron chi connectivity index (χ0n) is 31.7. The number of sulfonamides is 1. The molecule has 5 aromatic rings. The Morgan fingerprint density at radius 1 is 0.759 bits per heavy atom. The fourth-order valence-electron chi connectivity index (χ4n) is 5.94. The molecule has 0 aliphatic rings. The normalized spacial score (nSPS) is 11.5. The molecule has 0 radical (unpaired) electrons. The van der Waals surface area contributed by atoms with Gasteiger partial charge < -0.3 is 23.7 Å². The zero-order valence-corrected chi connectivity index (χ0v) is 34.1. The molecule has 0 saturated heterocycles. The van der Waals surface area contributed by atoms with Crippen molar-refractivity contribution in [3.63, 3.8) is 0 Å². The largest absolute Gasteiger partial charge is 0.494 e. The van der Waals surface area contributed by atoms with Gasteiger partial charge in [0.15, 0.2) is 23.0 Å². The lowest BCUT2D eigenvalue weighted by Gasteiger charge is -2.15. The lowest BCUT2D eigenvalue weighted by Crippen LogP contribution is -2.15. The minimum absolute atomic E-state index is 0.0406. The van der Waals surface area contributed by atoms with E-state index in [-0.39, 0.29) is 10.8 Å². The molecule has 0 aliphatic heterocycles. The number of hydrogen-bond donors (Lipinski definition) is 2. The number of anilines is 1. The molecule has 0 aliphatic carbocycles. The second-order valence-corrected chi connectivity index (χ2v) is 15.5. The van der Waals surface area contributed by atoms with E-state index in [1.165, 1.54) is 49.6 Å². The molecule has 0 unspecified atom stereocenters. The van der Waals surface area contributed by atoms with Crippen LogP contribution < -0.4 is 28.4 Å². The number of nitrogens with one attached hydrogen (secondary N) is 2. The molecule has 2 heterocycles. The first-order valence-electron chi connectivity index (χ1n) is 18.8. The van der Waals surface area contributed by atoms with Crippen LogP contribution in [-0.2, 0) is 10.0 Å². The molecular formula is C40H52BrN5O7S. The van der Waals surface area contributed by atoms with E-state index in [4.69, 9.17) is 28.7 Å². The summed E-state index contributed by atoms with van der Waals surface area (Å²) in [6, 6.07) is 17.3. The van der Waals surface area contributed by atoms with E-state index in [9.17, 15) is 8.42 Å². The first kappa shape index (κ1) is 40.7. The molecule has 5 rings (SSSR count). The summed E-state index contributed by atoms with van der Waals surface area (Å²) in [6.07, 6.45) is 13.5. The monoisotopic (exact) mass is 825 g/mol. The molecule has 0 bridgehead atoms. The van der Waals surface area contributed by atoms with Gasteiger partial charge >= 0.3 is 0 Å². The fraction of sp³-hybridized carbons (Fsp3) is 0.450. The predicted molar refractivity (Wildman–Crippen MR) is 215 cm³/mol. The second kappa shape index (κ2) is 20.3. The maximum atomic E-state index is 13.9. The van der Waals surface area contributed by atoms with Crippen LogP contribution in [0.3, 0.4) is 0 Å². The molecule has 0 atom stereocenters. The van der Waals surface area contributed by atoms with E-state index in [1.807, 2.05) is 0 Å². The van der Waals surface area contributed by atoms with E-state index >= 15 is 0 Å². The Morgan fingerprint density at radius 3 is 1.98 bits per heavy atom. The van der Waals surface area contributed by atoms with Gasteiger partial charge in [0.1, 0.15) is 20.9 Å². The summed E-state index contributed by atoms with van der Waals surface area (Å²) < 4.78 is 61.5. The van der Waals surface area contributed by atoms with E-state index in [0.717, 1.165) is 37.7 Å². The van der Waals surface area contributed by atoms with Gasteiger partial charge in [-0.25, -0.2) is 13.4 Å². The van der Waals surface area contributed by atoms with Crippen molar-refractivity contribution in [2.75, 3.05) is 32.2 Å². The Balaban J connectivity index is 1.28. The van der Waals surface area contributed by atoms with Gasteiger partial charge in [-0.3, -0.25) is 9.82 Å². The molecule has 0 amide bonds. The third-order valence-electron chi connectivity index (χ3n) is 8.92. The van der Waals surface area contributed by atoms with Crippen molar-refractivity contribution in [3.8, 4) is 46.0 Å². The number of unbranched alkanes of at least 4 members (excludes halogenated alkanes) is 10. The third-order valence-corrected chi connectivity index (χ3v) is 11.0. The van der Waals surface area contributed by atoms with Crippen molar-refractivity contribution < 1.29 is 32.1 Å². The van der Waals surface area contributed by atoms with Crippen LogP contribution >= 0.6 is 15.9 Å². The number of aromatic nitrogens is 4. The van der Waals surface area contributed by atoms with Crippen LogP contribution in [0.25, 0.3) is 17.0 Å². The van der Waals surface area contributed by atoms with Crippen molar-refractivity contribution in [1.82, 2.24) is 19.8 Å². The van der Waals surface area contributed by atoms with Crippen molar-refractivity contribution in [1.29, 1.82) is 0 Å². The zero-order chi connectivity index (χ0) is 38.3. The van der Waals surface area contributed by atoms with Gasteiger partial charge in [-0.2, -0.15) is 0 Å². The number of rotatable bonds is 24. The van der Waals surface area contributed by atoms with Crippen molar-refractivity contribution in [2.45, 2.75) is 95.8 Å². The van der Waals surface area contributed by atoms with E-state index < -0.39 is 10.0 Å². The highest BCUT2D eigenvalue weighted by Crippen LogP contribution is 2.42. The Labute approximate surface area is 327 Å². The number of H-pyrrole nitrogens is 1. The Bertz CT molecular complexity index is 2010. The van der Waals surface area contributed by atoms with Crippen molar-refractivity contribution in [2.24, 2.45) is 0 Å². The Kier molecular flexibility index (Phi) is 15.3. The SMILES string of the molecule is CCCCCCCCOc1ccc(OCCCCCCCC)c(S(=O)(=O)Nc2ccc(-c3nc4c(Br)c(Oc5c(OC)cccc5OC)nn4[nH]3)cc2)c1. The lowest BCUT2D eigenvalue weighted by molar-refractivity contribution is 0.289. The van der Waals surface area contributed by atoms with Crippen LogP contribution in [0.2, 0.25) is 0 Å². The summed E-state index contributed by atoms with van der Waals surface area (Å²) in [4.78, 5) is 4.74. The highest BCUT2D eigenvalue weighted by Gasteiger charge is 2.23. The third kappa shape index (κ3) is 10.8. The first-order chi connectivity index (χ1) is 26.3. The molecule has 12 nitrogen and oxygen atoms in total. The number of fused-ring (bicyclic) bond motifs is 1. The van der Waals surface area contributed by atoms with Gasteiger partial charge in [-0.1, -0.05) is 84.1 Å². The van der Waals surface area contributed by atoms with Gasteiger partial charge in [-0.15, -0.1) is 9.73 Å². The number of halogens is 1. The van der Waals surface area contributed by atoms with Gasteiger partial charge in [0.05, 0.1) is 27.4 Å².